The van der Waals surface area contributed by atoms with Gasteiger partial charge in [-0.25, -0.2) is 0 Å². The molecule has 4 nitrogen and oxygen atoms in total. The Morgan fingerprint density at radius 2 is 1.71 bits per heavy atom. The van der Waals surface area contributed by atoms with Gasteiger partial charge in [-0.05, 0) is 44.3 Å². The summed E-state index contributed by atoms with van der Waals surface area (Å²) >= 11 is 4.43. The molecule has 6 heteroatoms. The van der Waals surface area contributed by atoms with Gasteiger partial charge < -0.3 is 14.6 Å². The number of hydrogen-bond donors (Lipinski definition) is 2. The third-order valence-electron chi connectivity index (χ3n) is 4.71. The van der Waals surface area contributed by atoms with E-state index in [9.17, 15) is 4.79 Å². The van der Waals surface area contributed by atoms with Crippen LogP contribution in [0.2, 0.25) is 0 Å². The number of likely N-dealkylation sites (N-methyl/N-ethyl adjacent to an activating group) is 1. The van der Waals surface area contributed by atoms with Crippen LogP contribution in [0.5, 0.6) is 0 Å². The minimum Gasteiger partial charge on any atom is -0.400 e. The highest BCUT2D eigenvalue weighted by molar-refractivity contribution is 7.80. The SMILES string of the molecule is CNC(=O)Cc1ccc(C=C(CS)B2OC(C)(C)C(C)(C)O2)cc1. The van der Waals surface area contributed by atoms with E-state index >= 15 is 0 Å². The second kappa shape index (κ2) is 7.34. The molecule has 0 bridgehead atoms. The van der Waals surface area contributed by atoms with Gasteiger partial charge in [-0.2, -0.15) is 12.6 Å². The van der Waals surface area contributed by atoms with Crippen LogP contribution < -0.4 is 5.32 Å². The molecule has 0 aliphatic carbocycles. The van der Waals surface area contributed by atoms with E-state index in [1.807, 2.05) is 58.0 Å². The molecule has 1 aliphatic heterocycles. The number of thiol groups is 1. The van der Waals surface area contributed by atoms with Crippen molar-refractivity contribution in [2.45, 2.75) is 45.3 Å². The minimum atomic E-state index is -0.391. The molecule has 1 aromatic carbocycles. The normalized spacial score (nSPS) is 19.4. The van der Waals surface area contributed by atoms with Crippen molar-refractivity contribution < 1.29 is 14.1 Å². The molecule has 0 atom stereocenters. The second-order valence-corrected chi connectivity index (χ2v) is 7.37. The second-order valence-electron chi connectivity index (χ2n) is 7.06. The number of hydrogen-bond acceptors (Lipinski definition) is 4. The Kier molecular flexibility index (Phi) is 5.84. The van der Waals surface area contributed by atoms with E-state index in [0.29, 0.717) is 12.2 Å². The van der Waals surface area contributed by atoms with Crippen molar-refractivity contribution in [2.75, 3.05) is 12.8 Å². The molecular formula is C18H26BNO3S. The highest BCUT2D eigenvalue weighted by Gasteiger charge is 2.52. The van der Waals surface area contributed by atoms with E-state index < -0.39 is 7.12 Å². The van der Waals surface area contributed by atoms with Crippen LogP contribution in [0.25, 0.3) is 6.08 Å². The number of nitrogens with one attached hydrogen (secondary N) is 1. The highest BCUT2D eigenvalue weighted by Crippen LogP contribution is 2.39. The molecule has 1 amide bonds. The highest BCUT2D eigenvalue weighted by atomic mass is 32.1. The Balaban J connectivity index is 2.15. The number of benzene rings is 1. The van der Waals surface area contributed by atoms with Gasteiger partial charge in [0, 0.05) is 12.8 Å². The van der Waals surface area contributed by atoms with Gasteiger partial charge >= 0.3 is 7.12 Å². The summed E-state index contributed by atoms with van der Waals surface area (Å²) in [5, 5.41) is 2.63. The zero-order chi connectivity index (χ0) is 18.0. The van der Waals surface area contributed by atoms with Crippen LogP contribution in [0.1, 0.15) is 38.8 Å². The van der Waals surface area contributed by atoms with Gasteiger partial charge in [0.1, 0.15) is 0 Å². The van der Waals surface area contributed by atoms with Crippen LogP contribution in [0.3, 0.4) is 0 Å². The van der Waals surface area contributed by atoms with Crippen molar-refractivity contribution in [3.8, 4) is 0 Å². The van der Waals surface area contributed by atoms with Crippen LogP contribution in [0.4, 0.5) is 0 Å². The van der Waals surface area contributed by atoms with Crippen molar-refractivity contribution in [2.24, 2.45) is 0 Å². The molecule has 24 heavy (non-hydrogen) atoms. The first-order valence-corrected chi connectivity index (χ1v) is 8.78. The van der Waals surface area contributed by atoms with E-state index in [2.05, 4.69) is 17.9 Å². The molecule has 1 aromatic rings. The van der Waals surface area contributed by atoms with Crippen LogP contribution in [0.15, 0.2) is 29.7 Å². The number of carbonyl (C=O) groups is 1. The fourth-order valence-corrected chi connectivity index (χ4v) is 2.64. The summed E-state index contributed by atoms with van der Waals surface area (Å²) in [6.45, 7) is 8.15. The van der Waals surface area contributed by atoms with E-state index in [-0.39, 0.29) is 17.1 Å². The lowest BCUT2D eigenvalue weighted by molar-refractivity contribution is -0.119. The molecule has 2 rings (SSSR count). The lowest BCUT2D eigenvalue weighted by Crippen LogP contribution is -2.41. The number of rotatable bonds is 5. The third-order valence-corrected chi connectivity index (χ3v) is 5.08. The Bertz CT molecular complexity index is 610. The van der Waals surface area contributed by atoms with Crippen LogP contribution in [-0.2, 0) is 20.5 Å². The van der Waals surface area contributed by atoms with Gasteiger partial charge in [0.05, 0.1) is 17.6 Å². The maximum absolute atomic E-state index is 11.4. The lowest BCUT2D eigenvalue weighted by atomic mass is 9.78. The largest absolute Gasteiger partial charge is 0.491 e. The molecule has 130 valence electrons. The van der Waals surface area contributed by atoms with Crippen molar-refractivity contribution in [3.63, 3.8) is 0 Å². The van der Waals surface area contributed by atoms with Crippen molar-refractivity contribution in [1.82, 2.24) is 5.32 Å². The number of amides is 1. The van der Waals surface area contributed by atoms with Crippen LogP contribution >= 0.6 is 12.6 Å². The van der Waals surface area contributed by atoms with Crippen LogP contribution in [0, 0.1) is 0 Å². The smallest absolute Gasteiger partial charge is 0.400 e. The van der Waals surface area contributed by atoms with E-state index in [1.165, 1.54) is 0 Å². The summed E-state index contributed by atoms with van der Waals surface area (Å²) in [7, 11) is 1.25. The Morgan fingerprint density at radius 3 is 2.17 bits per heavy atom. The minimum absolute atomic E-state index is 0.00607. The first-order valence-electron chi connectivity index (χ1n) is 8.15. The van der Waals surface area contributed by atoms with Gasteiger partial charge in [-0.15, -0.1) is 0 Å². The third kappa shape index (κ3) is 4.24. The van der Waals surface area contributed by atoms with Gasteiger partial charge in [0.2, 0.25) is 5.91 Å². The molecule has 1 N–H and O–H groups in total. The predicted molar refractivity (Wildman–Crippen MR) is 102 cm³/mol. The zero-order valence-electron chi connectivity index (χ0n) is 15.1. The maximum atomic E-state index is 11.4. The zero-order valence-corrected chi connectivity index (χ0v) is 15.9. The molecule has 0 unspecified atom stereocenters. The summed E-state index contributed by atoms with van der Waals surface area (Å²) < 4.78 is 12.2. The fourth-order valence-electron chi connectivity index (χ4n) is 2.40. The molecule has 0 spiro atoms. The van der Waals surface area contributed by atoms with Gasteiger partial charge in [0.15, 0.2) is 0 Å². The summed E-state index contributed by atoms with van der Waals surface area (Å²) in [6, 6.07) is 7.91. The molecule has 1 fully saturated rings. The monoisotopic (exact) mass is 347 g/mol. The van der Waals surface area contributed by atoms with Gasteiger partial charge in [-0.1, -0.05) is 30.3 Å². The Labute approximate surface area is 150 Å². The summed E-state index contributed by atoms with van der Waals surface area (Å²) in [5.41, 5.74) is 2.27. The van der Waals surface area contributed by atoms with E-state index in [4.69, 9.17) is 9.31 Å². The number of carbonyl (C=O) groups excluding carboxylic acids is 1. The molecule has 1 saturated heterocycles. The maximum Gasteiger partial charge on any atom is 0.491 e. The predicted octanol–water partition coefficient (Wildman–Crippen LogP) is 2.92. The molecule has 1 heterocycles. The Hall–Kier alpha value is -1.24. The summed E-state index contributed by atoms with van der Waals surface area (Å²) in [5.74, 6) is 0.558. The topological polar surface area (TPSA) is 47.6 Å². The standard InChI is InChI=1S/C18H26BNO3S/c1-17(2)18(3,4)23-19(22-17)15(12-24)10-13-6-8-14(9-7-13)11-16(21)20-5/h6-10,24H,11-12H2,1-5H3,(H,20,21). The average molecular weight is 347 g/mol. The molecule has 1 aliphatic rings. The molecule has 0 aromatic heterocycles. The van der Waals surface area contributed by atoms with Crippen molar-refractivity contribution in [3.05, 3.63) is 40.9 Å². The van der Waals surface area contributed by atoms with Crippen molar-refractivity contribution in [1.29, 1.82) is 0 Å². The van der Waals surface area contributed by atoms with E-state index in [1.54, 1.807) is 7.05 Å². The Morgan fingerprint density at radius 1 is 1.17 bits per heavy atom. The first kappa shape index (κ1) is 19.1. The quantitative estimate of drug-likeness (QED) is 0.636. The summed E-state index contributed by atoms with van der Waals surface area (Å²) in [4.78, 5) is 11.4. The lowest BCUT2D eigenvalue weighted by Gasteiger charge is -2.32. The van der Waals surface area contributed by atoms with Gasteiger partial charge in [0.25, 0.3) is 0 Å². The average Bonchev–Trinajstić information content (AvgIpc) is 2.74. The molecule has 0 saturated carbocycles. The molecular weight excluding hydrogens is 321 g/mol. The fraction of sp³-hybridized carbons (Fsp3) is 0.500. The molecule has 0 radical (unpaired) electrons. The van der Waals surface area contributed by atoms with E-state index in [0.717, 1.165) is 16.6 Å². The van der Waals surface area contributed by atoms with Gasteiger partial charge in [-0.3, -0.25) is 4.79 Å². The van der Waals surface area contributed by atoms with Crippen LogP contribution in [-0.4, -0.2) is 37.0 Å². The summed E-state index contributed by atoms with van der Waals surface area (Å²) in [6.07, 6.45) is 2.43. The first-order chi connectivity index (χ1) is 11.2. The van der Waals surface area contributed by atoms with Crippen molar-refractivity contribution >= 4 is 31.7 Å².